The molecule has 1 aliphatic heterocycles. The molecule has 1 aromatic rings. The maximum Gasteiger partial charge on any atom is 0.217 e. The lowest BCUT2D eigenvalue weighted by Crippen LogP contribution is -2.36. The van der Waals surface area contributed by atoms with Crippen LogP contribution in [0.1, 0.15) is 24.3 Å². The van der Waals surface area contributed by atoms with E-state index in [-0.39, 0.29) is 11.3 Å². The quantitative estimate of drug-likeness (QED) is 0.893. The minimum Gasteiger partial charge on any atom is -0.380 e. The first-order chi connectivity index (χ1) is 8.67. The van der Waals surface area contributed by atoms with Crippen molar-refractivity contribution in [2.45, 2.75) is 30.1 Å². The number of sulfonamides is 1. The molecule has 0 radical (unpaired) electrons. The highest BCUT2D eigenvalue weighted by molar-refractivity contribution is 7.90. The SMILES string of the molecule is O=S(=O)(N[C@@H]1C[C@H]1c1ccccc1)C1CCOC1. The first kappa shape index (κ1) is 12.1. The topological polar surface area (TPSA) is 55.4 Å². The van der Waals surface area contributed by atoms with Gasteiger partial charge in [-0.15, -0.1) is 0 Å². The molecule has 1 heterocycles. The molecule has 0 spiro atoms. The summed E-state index contributed by atoms with van der Waals surface area (Å²) in [6.07, 6.45) is 1.51. The van der Waals surface area contributed by atoms with E-state index < -0.39 is 10.0 Å². The van der Waals surface area contributed by atoms with Crippen LogP contribution in [-0.2, 0) is 14.8 Å². The summed E-state index contributed by atoms with van der Waals surface area (Å²) < 4.78 is 32.1. The maximum absolute atomic E-state index is 12.1. The minimum atomic E-state index is -3.21. The smallest absolute Gasteiger partial charge is 0.217 e. The zero-order valence-electron chi connectivity index (χ0n) is 10.1. The van der Waals surface area contributed by atoms with E-state index in [9.17, 15) is 8.42 Å². The number of hydrogen-bond donors (Lipinski definition) is 1. The third-order valence-electron chi connectivity index (χ3n) is 3.66. The monoisotopic (exact) mass is 267 g/mol. The van der Waals surface area contributed by atoms with E-state index in [4.69, 9.17) is 4.74 Å². The predicted molar refractivity (Wildman–Crippen MR) is 68.9 cm³/mol. The second-order valence-electron chi connectivity index (χ2n) is 5.01. The fourth-order valence-electron chi connectivity index (χ4n) is 2.46. The van der Waals surface area contributed by atoms with Gasteiger partial charge < -0.3 is 4.74 Å². The highest BCUT2D eigenvalue weighted by Gasteiger charge is 2.43. The Morgan fingerprint density at radius 1 is 1.22 bits per heavy atom. The lowest BCUT2D eigenvalue weighted by atomic mass is 10.1. The summed E-state index contributed by atoms with van der Waals surface area (Å²) in [5.74, 6) is 0.336. The molecule has 4 nitrogen and oxygen atoms in total. The van der Waals surface area contributed by atoms with Crippen LogP contribution in [-0.4, -0.2) is 32.9 Å². The average molecular weight is 267 g/mol. The molecule has 2 fully saturated rings. The lowest BCUT2D eigenvalue weighted by molar-refractivity contribution is 0.198. The molecule has 0 bridgehead atoms. The number of ether oxygens (including phenoxy) is 1. The Kier molecular flexibility index (Phi) is 3.13. The Bertz CT molecular complexity index is 508. The van der Waals surface area contributed by atoms with Crippen LogP contribution >= 0.6 is 0 Å². The number of rotatable bonds is 4. The number of nitrogens with one attached hydrogen (secondary N) is 1. The Balaban J connectivity index is 1.62. The second-order valence-corrected chi connectivity index (χ2v) is 7.00. The zero-order valence-corrected chi connectivity index (χ0v) is 10.9. The van der Waals surface area contributed by atoms with Crippen molar-refractivity contribution in [1.82, 2.24) is 4.72 Å². The molecule has 1 saturated carbocycles. The molecule has 1 aliphatic carbocycles. The number of benzene rings is 1. The molecule has 3 atom stereocenters. The van der Waals surface area contributed by atoms with E-state index in [0.29, 0.717) is 25.6 Å². The Hall–Kier alpha value is -0.910. The molecule has 3 rings (SSSR count). The molecule has 1 N–H and O–H groups in total. The maximum atomic E-state index is 12.1. The summed E-state index contributed by atoms with van der Waals surface area (Å²) in [4.78, 5) is 0. The number of hydrogen-bond acceptors (Lipinski definition) is 3. The summed E-state index contributed by atoms with van der Waals surface area (Å²) in [7, 11) is -3.21. The summed E-state index contributed by atoms with van der Waals surface area (Å²) in [6, 6.07) is 10.1. The standard InChI is InChI=1S/C13H17NO3S/c15-18(16,11-6-7-17-9-11)14-13-8-12(13)10-4-2-1-3-5-10/h1-5,11-14H,6-9H2/t11?,12-,13+/m0/s1. The summed E-state index contributed by atoms with van der Waals surface area (Å²) in [5, 5.41) is -0.366. The second kappa shape index (κ2) is 4.64. The highest BCUT2D eigenvalue weighted by Crippen LogP contribution is 2.41. The van der Waals surface area contributed by atoms with Crippen LogP contribution < -0.4 is 4.72 Å². The van der Waals surface area contributed by atoms with Gasteiger partial charge in [0.15, 0.2) is 0 Å². The van der Waals surface area contributed by atoms with Crippen LogP contribution in [0.3, 0.4) is 0 Å². The van der Waals surface area contributed by atoms with Crippen LogP contribution in [0.15, 0.2) is 30.3 Å². The van der Waals surface area contributed by atoms with Crippen molar-refractivity contribution in [3.63, 3.8) is 0 Å². The molecule has 98 valence electrons. The Labute approximate surface area is 107 Å². The Morgan fingerprint density at radius 2 is 2.00 bits per heavy atom. The van der Waals surface area contributed by atoms with Gasteiger partial charge in [0.2, 0.25) is 10.0 Å². The fourth-order valence-corrected chi connectivity index (χ4v) is 4.02. The van der Waals surface area contributed by atoms with Crippen molar-refractivity contribution in [3.05, 3.63) is 35.9 Å². The molecule has 1 aromatic carbocycles. The molecular formula is C13H17NO3S. The third-order valence-corrected chi connectivity index (χ3v) is 5.54. The van der Waals surface area contributed by atoms with Gasteiger partial charge >= 0.3 is 0 Å². The molecule has 0 aromatic heterocycles. The van der Waals surface area contributed by atoms with Gasteiger partial charge in [0.1, 0.15) is 5.25 Å². The van der Waals surface area contributed by atoms with Crippen molar-refractivity contribution in [1.29, 1.82) is 0 Å². The molecule has 1 unspecified atom stereocenters. The first-order valence-corrected chi connectivity index (χ1v) is 7.85. The molecule has 1 saturated heterocycles. The lowest BCUT2D eigenvalue weighted by Gasteiger charge is -2.11. The van der Waals surface area contributed by atoms with Crippen molar-refractivity contribution in [3.8, 4) is 0 Å². The average Bonchev–Trinajstić information content (AvgIpc) is 2.91. The molecule has 2 aliphatic rings. The summed E-state index contributed by atoms with van der Waals surface area (Å²) >= 11 is 0. The van der Waals surface area contributed by atoms with E-state index in [1.54, 1.807) is 0 Å². The van der Waals surface area contributed by atoms with Gasteiger partial charge in [0.25, 0.3) is 0 Å². The van der Waals surface area contributed by atoms with Crippen molar-refractivity contribution >= 4 is 10.0 Å². The van der Waals surface area contributed by atoms with Crippen LogP contribution in [0, 0.1) is 0 Å². The van der Waals surface area contributed by atoms with Crippen molar-refractivity contribution in [2.24, 2.45) is 0 Å². The molecular weight excluding hydrogens is 250 g/mol. The van der Waals surface area contributed by atoms with Gasteiger partial charge in [-0.3, -0.25) is 0 Å². The van der Waals surface area contributed by atoms with Gasteiger partial charge in [-0.2, -0.15) is 0 Å². The van der Waals surface area contributed by atoms with Crippen LogP contribution in [0.25, 0.3) is 0 Å². The molecule has 18 heavy (non-hydrogen) atoms. The predicted octanol–water partition coefficient (Wildman–Crippen LogP) is 1.25. The van der Waals surface area contributed by atoms with Gasteiger partial charge in [0, 0.05) is 18.6 Å². The van der Waals surface area contributed by atoms with E-state index >= 15 is 0 Å². The fraction of sp³-hybridized carbons (Fsp3) is 0.538. The first-order valence-electron chi connectivity index (χ1n) is 6.30. The molecule has 5 heteroatoms. The van der Waals surface area contributed by atoms with E-state index in [1.165, 1.54) is 5.56 Å². The van der Waals surface area contributed by atoms with Crippen LogP contribution in [0.5, 0.6) is 0 Å². The third kappa shape index (κ3) is 2.43. The van der Waals surface area contributed by atoms with Crippen molar-refractivity contribution in [2.75, 3.05) is 13.2 Å². The van der Waals surface area contributed by atoms with Gasteiger partial charge in [-0.1, -0.05) is 30.3 Å². The minimum absolute atomic E-state index is 0.0676. The summed E-state index contributed by atoms with van der Waals surface area (Å²) in [5.41, 5.74) is 1.22. The Morgan fingerprint density at radius 3 is 2.67 bits per heavy atom. The normalized spacial score (nSPS) is 31.4. The highest BCUT2D eigenvalue weighted by atomic mass is 32.2. The van der Waals surface area contributed by atoms with E-state index in [2.05, 4.69) is 16.9 Å². The zero-order chi connectivity index (χ0) is 12.6. The summed E-state index contributed by atoms with van der Waals surface area (Å²) in [6.45, 7) is 0.885. The van der Waals surface area contributed by atoms with E-state index in [0.717, 1.165) is 6.42 Å². The molecule has 0 amide bonds. The van der Waals surface area contributed by atoms with Gasteiger partial charge in [-0.05, 0) is 18.4 Å². The van der Waals surface area contributed by atoms with Crippen LogP contribution in [0.2, 0.25) is 0 Å². The van der Waals surface area contributed by atoms with Crippen LogP contribution in [0.4, 0.5) is 0 Å². The van der Waals surface area contributed by atoms with Crippen molar-refractivity contribution < 1.29 is 13.2 Å². The van der Waals surface area contributed by atoms with Gasteiger partial charge in [0.05, 0.1) is 6.61 Å². The van der Waals surface area contributed by atoms with Gasteiger partial charge in [-0.25, -0.2) is 13.1 Å². The van der Waals surface area contributed by atoms with E-state index in [1.807, 2.05) is 18.2 Å². The largest absolute Gasteiger partial charge is 0.380 e.